The summed E-state index contributed by atoms with van der Waals surface area (Å²) in [6.45, 7) is 3.25. The Hall–Kier alpha value is -3.06. The van der Waals surface area contributed by atoms with Crippen LogP contribution in [0.15, 0.2) is 52.3 Å². The Morgan fingerprint density at radius 3 is 2.49 bits per heavy atom. The predicted molar refractivity (Wildman–Crippen MR) is 137 cm³/mol. The minimum absolute atomic E-state index is 0.0434. The van der Waals surface area contributed by atoms with Crippen LogP contribution in [0.1, 0.15) is 12.5 Å². The van der Waals surface area contributed by atoms with E-state index in [2.05, 4.69) is 0 Å². The minimum Gasteiger partial charge on any atom is -0.490 e. The molecular weight excluding hydrogens is 544 g/mol. The summed E-state index contributed by atoms with van der Waals surface area (Å²) in [4.78, 5) is 40.3. The van der Waals surface area contributed by atoms with Crippen molar-refractivity contribution in [1.82, 2.24) is 9.80 Å². The summed E-state index contributed by atoms with van der Waals surface area (Å²) in [5.74, 6) is -0.817. The smallest absolute Gasteiger partial charge is 0.339 e. The van der Waals surface area contributed by atoms with Gasteiger partial charge in [-0.2, -0.15) is 8.42 Å². The molecule has 3 amide bonds. The van der Waals surface area contributed by atoms with Crippen molar-refractivity contribution in [3.63, 3.8) is 0 Å². The Kier molecular flexibility index (Phi) is 8.42. The molecule has 13 heteroatoms. The van der Waals surface area contributed by atoms with Gasteiger partial charge in [-0.3, -0.25) is 19.3 Å². The second-order valence-corrected chi connectivity index (χ2v) is 10.9. The maximum Gasteiger partial charge on any atom is 0.339 e. The average molecular weight is 567 g/mol. The van der Waals surface area contributed by atoms with E-state index in [1.165, 1.54) is 48.5 Å². The number of amides is 3. The summed E-state index contributed by atoms with van der Waals surface area (Å²) in [5, 5.41) is -0.162. The standard InChI is InChI=1S/C24H23ClN2O8S2/c1-2-34-20-13-16(3-8-19(20)35-37(31,32)18-6-4-17(25)5-7-18)14-21-23(29)27(24(30)36-21)15-22(28)26-9-11-33-12-10-26/h3-8,13-14H,2,9-12,15H2,1H3/b21-14-. The van der Waals surface area contributed by atoms with Gasteiger partial charge in [0.05, 0.1) is 24.7 Å². The van der Waals surface area contributed by atoms with Gasteiger partial charge in [0.1, 0.15) is 11.4 Å². The number of halogens is 1. The van der Waals surface area contributed by atoms with Crippen molar-refractivity contribution in [2.24, 2.45) is 0 Å². The maximum atomic E-state index is 12.9. The van der Waals surface area contributed by atoms with E-state index in [1.54, 1.807) is 11.8 Å². The summed E-state index contributed by atoms with van der Waals surface area (Å²) in [5.41, 5.74) is 0.477. The Bertz CT molecular complexity index is 1340. The number of thioether (sulfide) groups is 1. The predicted octanol–water partition coefficient (Wildman–Crippen LogP) is 3.40. The lowest BCUT2D eigenvalue weighted by Crippen LogP contribution is -2.46. The molecule has 2 aromatic carbocycles. The molecule has 2 aromatic rings. The van der Waals surface area contributed by atoms with Gasteiger partial charge < -0.3 is 18.6 Å². The van der Waals surface area contributed by atoms with E-state index < -0.39 is 21.3 Å². The third kappa shape index (κ3) is 6.45. The topological polar surface area (TPSA) is 120 Å². The number of carbonyl (C=O) groups is 3. The molecule has 2 fully saturated rings. The first-order valence-electron chi connectivity index (χ1n) is 11.3. The second kappa shape index (κ2) is 11.5. The molecular formula is C24H23ClN2O8S2. The summed E-state index contributed by atoms with van der Waals surface area (Å²) >= 11 is 6.55. The first-order valence-corrected chi connectivity index (χ1v) is 13.9. The van der Waals surface area contributed by atoms with Crippen molar-refractivity contribution < 1.29 is 36.5 Å². The van der Waals surface area contributed by atoms with Crippen LogP contribution in [0.3, 0.4) is 0 Å². The number of ether oxygens (including phenoxy) is 2. The van der Waals surface area contributed by atoms with Gasteiger partial charge in [-0.1, -0.05) is 17.7 Å². The first kappa shape index (κ1) is 27.0. The van der Waals surface area contributed by atoms with E-state index in [1.807, 2.05) is 0 Å². The molecule has 0 atom stereocenters. The van der Waals surface area contributed by atoms with Gasteiger partial charge in [-0.25, -0.2) is 0 Å². The Morgan fingerprint density at radius 1 is 1.11 bits per heavy atom. The SMILES string of the molecule is CCOc1cc(/C=C2\SC(=O)N(CC(=O)N3CCOCC3)C2=O)ccc1OS(=O)(=O)c1ccc(Cl)cc1. The quantitative estimate of drug-likeness (QED) is 0.350. The Labute approximate surface area is 223 Å². The molecule has 0 unspecified atom stereocenters. The number of nitrogens with zero attached hydrogens (tertiary/aromatic N) is 2. The van der Waals surface area contributed by atoms with Crippen LogP contribution < -0.4 is 8.92 Å². The largest absolute Gasteiger partial charge is 0.490 e. The second-order valence-electron chi connectivity index (χ2n) is 7.89. The lowest BCUT2D eigenvalue weighted by Gasteiger charge is -2.28. The van der Waals surface area contributed by atoms with Crippen molar-refractivity contribution >= 4 is 56.6 Å². The molecule has 0 N–H and O–H groups in total. The van der Waals surface area contributed by atoms with Crippen LogP contribution in [0.2, 0.25) is 5.02 Å². The summed E-state index contributed by atoms with van der Waals surface area (Å²) in [6, 6.07) is 9.96. The zero-order valence-corrected chi connectivity index (χ0v) is 22.1. The van der Waals surface area contributed by atoms with E-state index in [0.29, 0.717) is 36.9 Å². The van der Waals surface area contributed by atoms with Crippen LogP contribution >= 0.6 is 23.4 Å². The van der Waals surface area contributed by atoms with E-state index in [9.17, 15) is 22.8 Å². The number of benzene rings is 2. The number of hydrogen-bond donors (Lipinski definition) is 0. The van der Waals surface area contributed by atoms with Crippen LogP contribution in [0, 0.1) is 0 Å². The van der Waals surface area contributed by atoms with E-state index >= 15 is 0 Å². The molecule has 37 heavy (non-hydrogen) atoms. The molecule has 2 saturated heterocycles. The summed E-state index contributed by atoms with van der Waals surface area (Å²) in [7, 11) is -4.16. The zero-order valence-electron chi connectivity index (χ0n) is 19.7. The summed E-state index contributed by atoms with van der Waals surface area (Å²) < 4.78 is 41.5. The summed E-state index contributed by atoms with van der Waals surface area (Å²) in [6.07, 6.45) is 1.48. The fraction of sp³-hybridized carbons (Fsp3) is 0.292. The number of hydrogen-bond acceptors (Lipinski definition) is 9. The number of rotatable bonds is 8. The molecule has 0 spiro atoms. The normalized spacial score (nSPS) is 17.4. The molecule has 0 aromatic heterocycles. The highest BCUT2D eigenvalue weighted by atomic mass is 35.5. The van der Waals surface area contributed by atoms with Crippen molar-refractivity contribution in [3.05, 3.63) is 58.0 Å². The van der Waals surface area contributed by atoms with Gasteiger partial charge in [0, 0.05) is 18.1 Å². The van der Waals surface area contributed by atoms with E-state index in [-0.39, 0.29) is 40.4 Å². The molecule has 2 heterocycles. The fourth-order valence-corrected chi connectivity index (χ4v) is 5.46. The highest BCUT2D eigenvalue weighted by Gasteiger charge is 2.37. The van der Waals surface area contributed by atoms with Crippen molar-refractivity contribution in [2.45, 2.75) is 11.8 Å². The van der Waals surface area contributed by atoms with Crippen molar-refractivity contribution in [1.29, 1.82) is 0 Å². The van der Waals surface area contributed by atoms with Crippen molar-refractivity contribution in [2.75, 3.05) is 39.5 Å². The van der Waals surface area contributed by atoms with Crippen LogP contribution in [-0.2, 0) is 24.4 Å². The number of carbonyl (C=O) groups excluding carboxylic acids is 3. The van der Waals surface area contributed by atoms with Gasteiger partial charge in [0.15, 0.2) is 11.5 Å². The van der Waals surface area contributed by atoms with Crippen LogP contribution in [0.5, 0.6) is 11.5 Å². The molecule has 10 nitrogen and oxygen atoms in total. The molecule has 0 radical (unpaired) electrons. The van der Waals surface area contributed by atoms with Gasteiger partial charge in [0.2, 0.25) is 5.91 Å². The highest BCUT2D eigenvalue weighted by molar-refractivity contribution is 8.18. The van der Waals surface area contributed by atoms with Gasteiger partial charge >= 0.3 is 10.1 Å². The zero-order chi connectivity index (χ0) is 26.6. The molecule has 4 rings (SSSR count). The van der Waals surface area contributed by atoms with Crippen LogP contribution in [0.4, 0.5) is 4.79 Å². The number of imide groups is 1. The third-order valence-electron chi connectivity index (χ3n) is 5.40. The Balaban J connectivity index is 1.52. The molecule has 196 valence electrons. The highest BCUT2D eigenvalue weighted by Crippen LogP contribution is 2.35. The molecule has 0 saturated carbocycles. The lowest BCUT2D eigenvalue weighted by atomic mass is 10.2. The molecule has 2 aliphatic heterocycles. The van der Waals surface area contributed by atoms with Crippen LogP contribution in [0.25, 0.3) is 6.08 Å². The fourth-order valence-electron chi connectivity index (χ4n) is 3.55. The molecule has 0 bridgehead atoms. The van der Waals surface area contributed by atoms with E-state index in [4.69, 9.17) is 25.3 Å². The number of morpholine rings is 1. The lowest BCUT2D eigenvalue weighted by molar-refractivity contribution is -0.139. The first-order chi connectivity index (χ1) is 17.7. The van der Waals surface area contributed by atoms with Gasteiger partial charge in [0.25, 0.3) is 11.1 Å². The van der Waals surface area contributed by atoms with Crippen LogP contribution in [-0.4, -0.2) is 74.7 Å². The maximum absolute atomic E-state index is 12.9. The van der Waals surface area contributed by atoms with Crippen molar-refractivity contribution in [3.8, 4) is 11.5 Å². The molecule has 0 aliphatic carbocycles. The minimum atomic E-state index is -4.16. The van der Waals surface area contributed by atoms with Gasteiger partial charge in [-0.05, 0) is 66.7 Å². The Morgan fingerprint density at radius 2 is 1.81 bits per heavy atom. The molecule has 2 aliphatic rings. The van der Waals surface area contributed by atoms with Gasteiger partial charge in [-0.15, -0.1) is 0 Å². The monoisotopic (exact) mass is 566 g/mol. The average Bonchev–Trinajstić information content (AvgIpc) is 3.13. The third-order valence-corrected chi connectivity index (χ3v) is 7.81. The van der Waals surface area contributed by atoms with E-state index in [0.717, 1.165) is 16.7 Å².